The summed E-state index contributed by atoms with van der Waals surface area (Å²) in [4.78, 5) is 8.57. The van der Waals surface area contributed by atoms with Crippen LogP contribution < -0.4 is 5.32 Å². The van der Waals surface area contributed by atoms with Crippen LogP contribution in [0.3, 0.4) is 0 Å². The second-order valence-corrected chi connectivity index (χ2v) is 6.36. The summed E-state index contributed by atoms with van der Waals surface area (Å²) >= 11 is 6.04. The molecule has 136 valence electrons. The quantitative estimate of drug-likeness (QED) is 0.400. The van der Waals surface area contributed by atoms with E-state index in [0.29, 0.717) is 28.7 Å². The minimum absolute atomic E-state index is 0.280. The number of phenolic OH excluding ortho intramolecular Hbond substituents is 3. The van der Waals surface area contributed by atoms with Crippen LogP contribution in [0.15, 0.2) is 55.0 Å². The molecule has 4 aromatic rings. The van der Waals surface area contributed by atoms with Gasteiger partial charge in [0, 0.05) is 29.5 Å². The number of hydrogen-bond acceptors (Lipinski definition) is 6. The fourth-order valence-electron chi connectivity index (χ4n) is 2.86. The molecule has 2 heterocycles. The van der Waals surface area contributed by atoms with Crippen LogP contribution >= 0.6 is 11.6 Å². The van der Waals surface area contributed by atoms with Gasteiger partial charge in [-0.1, -0.05) is 23.7 Å². The molecule has 2 aromatic carbocycles. The van der Waals surface area contributed by atoms with Crippen LogP contribution in [0.2, 0.25) is 5.02 Å². The van der Waals surface area contributed by atoms with Gasteiger partial charge >= 0.3 is 0 Å². The zero-order valence-corrected chi connectivity index (χ0v) is 14.7. The molecule has 0 amide bonds. The van der Waals surface area contributed by atoms with Crippen molar-refractivity contribution in [3.8, 4) is 28.5 Å². The topological polar surface area (TPSA) is 103 Å². The zero-order valence-electron chi connectivity index (χ0n) is 14.0. The lowest BCUT2D eigenvalue weighted by Crippen LogP contribution is -2.03. The lowest BCUT2D eigenvalue weighted by atomic mass is 10.1. The molecule has 0 unspecified atom stereocenters. The van der Waals surface area contributed by atoms with Gasteiger partial charge < -0.3 is 20.6 Å². The first-order chi connectivity index (χ1) is 13.0. The van der Waals surface area contributed by atoms with Crippen LogP contribution in [0, 0.1) is 0 Å². The van der Waals surface area contributed by atoms with E-state index in [-0.39, 0.29) is 5.56 Å². The number of rotatable bonds is 4. The average molecular weight is 383 g/mol. The average Bonchev–Trinajstić information content (AvgIpc) is 3.03. The lowest BCUT2D eigenvalue weighted by molar-refractivity contribution is 0.369. The van der Waals surface area contributed by atoms with Crippen LogP contribution in [-0.2, 0) is 6.54 Å². The molecule has 0 aliphatic heterocycles. The van der Waals surface area contributed by atoms with Gasteiger partial charge in [-0.05, 0) is 29.8 Å². The van der Waals surface area contributed by atoms with Gasteiger partial charge in [0.25, 0.3) is 0 Å². The van der Waals surface area contributed by atoms with E-state index in [9.17, 15) is 15.3 Å². The number of anilines is 1. The fraction of sp³-hybridized carbons (Fsp3) is 0.0526. The number of nitrogens with one attached hydrogen (secondary N) is 1. The standard InChI is InChI=1S/C19H15ClN4O3/c20-12-3-1-2-11(8-12)9-22-19-16(23-15-10-21-6-7-24(15)19)13-4-5-14(25)18(27)17(13)26/h1-8,10,22,25-27H,9H2. The minimum Gasteiger partial charge on any atom is -0.504 e. The van der Waals surface area contributed by atoms with Gasteiger partial charge in [-0.3, -0.25) is 9.38 Å². The molecule has 0 radical (unpaired) electrons. The Hall–Kier alpha value is -3.45. The zero-order chi connectivity index (χ0) is 19.0. The molecule has 4 rings (SSSR count). The molecule has 0 atom stereocenters. The Kier molecular flexibility index (Phi) is 4.21. The summed E-state index contributed by atoms with van der Waals surface area (Å²) in [5, 5.41) is 33.7. The number of phenols is 3. The number of aromatic nitrogens is 3. The molecule has 0 aliphatic rings. The normalized spacial score (nSPS) is 11.0. The van der Waals surface area contributed by atoms with E-state index in [2.05, 4.69) is 15.3 Å². The molecule has 0 aliphatic carbocycles. The van der Waals surface area contributed by atoms with Gasteiger partial charge in [0.05, 0.1) is 6.20 Å². The molecule has 4 N–H and O–H groups in total. The van der Waals surface area contributed by atoms with Gasteiger partial charge in [-0.2, -0.15) is 0 Å². The van der Waals surface area contributed by atoms with Gasteiger partial charge in [-0.15, -0.1) is 0 Å². The Labute approximate surface area is 159 Å². The summed E-state index contributed by atoms with van der Waals surface area (Å²) in [7, 11) is 0. The van der Waals surface area contributed by atoms with E-state index in [1.807, 2.05) is 18.2 Å². The highest BCUT2D eigenvalue weighted by Gasteiger charge is 2.20. The Morgan fingerprint density at radius 1 is 1.07 bits per heavy atom. The summed E-state index contributed by atoms with van der Waals surface area (Å²) in [5.41, 5.74) is 2.23. The third-order valence-corrected chi connectivity index (χ3v) is 4.40. The number of aromatic hydroxyl groups is 3. The van der Waals surface area contributed by atoms with Gasteiger partial charge in [0.2, 0.25) is 5.75 Å². The van der Waals surface area contributed by atoms with Crippen LogP contribution in [0.25, 0.3) is 16.9 Å². The van der Waals surface area contributed by atoms with Crippen molar-refractivity contribution in [3.63, 3.8) is 0 Å². The summed E-state index contributed by atoms with van der Waals surface area (Å²) < 4.78 is 1.79. The highest BCUT2D eigenvalue weighted by atomic mass is 35.5. The molecule has 0 fully saturated rings. The van der Waals surface area contributed by atoms with Crippen molar-refractivity contribution in [2.45, 2.75) is 6.54 Å². The minimum atomic E-state index is -0.594. The molecule has 0 spiro atoms. The number of imidazole rings is 1. The highest BCUT2D eigenvalue weighted by Crippen LogP contribution is 2.44. The summed E-state index contributed by atoms with van der Waals surface area (Å²) in [6.45, 7) is 0.467. The first-order valence-corrected chi connectivity index (χ1v) is 8.47. The Bertz CT molecular complexity index is 1140. The predicted octanol–water partition coefficient (Wildman–Crippen LogP) is 3.78. The van der Waals surface area contributed by atoms with Crippen molar-refractivity contribution in [2.24, 2.45) is 0 Å². The monoisotopic (exact) mass is 382 g/mol. The molecule has 2 aromatic heterocycles. The number of halogens is 1. The van der Waals surface area contributed by atoms with Gasteiger partial charge in [0.1, 0.15) is 11.5 Å². The van der Waals surface area contributed by atoms with Crippen molar-refractivity contribution in [2.75, 3.05) is 5.32 Å². The molecular weight excluding hydrogens is 368 g/mol. The van der Waals surface area contributed by atoms with Crippen molar-refractivity contribution in [1.29, 1.82) is 0 Å². The second-order valence-electron chi connectivity index (χ2n) is 5.93. The molecule has 7 nitrogen and oxygen atoms in total. The van der Waals surface area contributed by atoms with Crippen molar-refractivity contribution < 1.29 is 15.3 Å². The van der Waals surface area contributed by atoms with E-state index >= 15 is 0 Å². The smallest absolute Gasteiger partial charge is 0.200 e. The molecular formula is C19H15ClN4O3. The second kappa shape index (κ2) is 6.69. The molecule has 27 heavy (non-hydrogen) atoms. The Balaban J connectivity index is 1.81. The number of fused-ring (bicyclic) bond motifs is 1. The van der Waals surface area contributed by atoms with Crippen LogP contribution in [0.4, 0.5) is 5.82 Å². The highest BCUT2D eigenvalue weighted by molar-refractivity contribution is 6.30. The van der Waals surface area contributed by atoms with Crippen molar-refractivity contribution in [1.82, 2.24) is 14.4 Å². The van der Waals surface area contributed by atoms with E-state index in [1.165, 1.54) is 12.1 Å². The maximum absolute atomic E-state index is 10.3. The van der Waals surface area contributed by atoms with Crippen LogP contribution in [0.1, 0.15) is 5.56 Å². The Morgan fingerprint density at radius 3 is 2.74 bits per heavy atom. The van der Waals surface area contributed by atoms with E-state index < -0.39 is 17.2 Å². The molecule has 0 bridgehead atoms. The third kappa shape index (κ3) is 3.09. The number of benzene rings is 2. The third-order valence-electron chi connectivity index (χ3n) is 4.16. The van der Waals surface area contributed by atoms with Crippen LogP contribution in [-0.4, -0.2) is 29.7 Å². The SMILES string of the molecule is Oc1ccc(-c2nc3cnccn3c2NCc2cccc(Cl)c2)c(O)c1O. The lowest BCUT2D eigenvalue weighted by Gasteiger charge is -2.11. The van der Waals surface area contributed by atoms with E-state index in [1.54, 1.807) is 29.1 Å². The summed E-state index contributed by atoms with van der Waals surface area (Å²) in [6.07, 6.45) is 4.95. The molecule has 0 saturated carbocycles. The maximum Gasteiger partial charge on any atom is 0.200 e. The first kappa shape index (κ1) is 17.0. The Morgan fingerprint density at radius 2 is 1.93 bits per heavy atom. The van der Waals surface area contributed by atoms with Crippen molar-refractivity contribution >= 4 is 23.1 Å². The van der Waals surface area contributed by atoms with Crippen LogP contribution in [0.5, 0.6) is 17.2 Å². The maximum atomic E-state index is 10.3. The predicted molar refractivity (Wildman–Crippen MR) is 102 cm³/mol. The van der Waals surface area contributed by atoms with E-state index in [0.717, 1.165) is 5.56 Å². The number of hydrogen-bond donors (Lipinski definition) is 4. The van der Waals surface area contributed by atoms with Crippen molar-refractivity contribution in [3.05, 3.63) is 65.6 Å². The largest absolute Gasteiger partial charge is 0.504 e. The first-order valence-electron chi connectivity index (χ1n) is 8.09. The summed E-state index contributed by atoms with van der Waals surface area (Å²) in [5.74, 6) is -0.844. The van der Waals surface area contributed by atoms with Gasteiger partial charge in [0.15, 0.2) is 17.1 Å². The molecule has 0 saturated heterocycles. The molecule has 8 heteroatoms. The number of nitrogens with zero attached hydrogens (tertiary/aromatic N) is 3. The fourth-order valence-corrected chi connectivity index (χ4v) is 3.07. The van der Waals surface area contributed by atoms with E-state index in [4.69, 9.17) is 11.6 Å². The summed E-state index contributed by atoms with van der Waals surface area (Å²) in [6, 6.07) is 10.2. The van der Waals surface area contributed by atoms with Gasteiger partial charge in [-0.25, -0.2) is 4.98 Å².